The topological polar surface area (TPSA) is 110 Å². The first-order valence-electron chi connectivity index (χ1n) is 10.0. The number of rotatable bonds is 6. The van der Waals surface area contributed by atoms with Crippen molar-refractivity contribution in [3.63, 3.8) is 0 Å². The molecule has 0 saturated carbocycles. The number of carbonyl (C=O) groups excluding carboxylic acids is 1. The number of methoxy groups -OCH3 is 1. The molecule has 1 heterocycles. The number of ether oxygens (including phenoxy) is 1. The van der Waals surface area contributed by atoms with Crippen LogP contribution in [-0.2, 0) is 24.8 Å². The maximum atomic E-state index is 13.1. The Bertz CT molecular complexity index is 1200. The van der Waals surface area contributed by atoms with Gasteiger partial charge in [-0.05, 0) is 69.2 Å². The summed E-state index contributed by atoms with van der Waals surface area (Å²) < 4.78 is 61.2. The van der Waals surface area contributed by atoms with Gasteiger partial charge in [0.2, 0.25) is 10.0 Å². The SMILES string of the molecule is COC(=O)c1cc(Br)ccc1S(=O)(=O)Nc1ccc(S(=O)(=O)N2[C@@H](C)CCC[C@@H]2C)cc1. The first kappa shape index (κ1) is 24.7. The maximum Gasteiger partial charge on any atom is 0.339 e. The van der Waals surface area contributed by atoms with Gasteiger partial charge in [-0.25, -0.2) is 21.6 Å². The van der Waals surface area contributed by atoms with Gasteiger partial charge in [-0.1, -0.05) is 22.4 Å². The van der Waals surface area contributed by atoms with Crippen LogP contribution in [0.4, 0.5) is 5.69 Å². The van der Waals surface area contributed by atoms with Crippen molar-refractivity contribution < 1.29 is 26.4 Å². The van der Waals surface area contributed by atoms with Crippen molar-refractivity contribution in [1.82, 2.24) is 4.31 Å². The van der Waals surface area contributed by atoms with E-state index in [1.54, 1.807) is 0 Å². The highest BCUT2D eigenvalue weighted by Gasteiger charge is 2.35. The molecule has 2 atom stereocenters. The van der Waals surface area contributed by atoms with Gasteiger partial charge in [0, 0.05) is 22.2 Å². The lowest BCUT2D eigenvalue weighted by molar-refractivity contribution is 0.0596. The lowest BCUT2D eigenvalue weighted by atomic mass is 10.0. The third kappa shape index (κ3) is 5.00. The van der Waals surface area contributed by atoms with E-state index in [2.05, 4.69) is 25.4 Å². The van der Waals surface area contributed by atoms with E-state index in [-0.39, 0.29) is 33.1 Å². The van der Waals surface area contributed by atoms with Crippen LogP contribution < -0.4 is 4.72 Å². The Morgan fingerprint density at radius 3 is 2.19 bits per heavy atom. The number of halogens is 1. The van der Waals surface area contributed by atoms with Crippen LogP contribution in [0.25, 0.3) is 0 Å². The highest BCUT2D eigenvalue weighted by atomic mass is 79.9. The second-order valence-electron chi connectivity index (χ2n) is 7.73. The number of nitrogens with zero attached hydrogens (tertiary/aromatic N) is 1. The van der Waals surface area contributed by atoms with Crippen molar-refractivity contribution in [3.05, 3.63) is 52.5 Å². The van der Waals surface area contributed by atoms with Gasteiger partial charge in [0.1, 0.15) is 4.90 Å². The normalized spacial score (nSPS) is 20.0. The van der Waals surface area contributed by atoms with Gasteiger partial charge in [-0.2, -0.15) is 4.31 Å². The number of hydrogen-bond acceptors (Lipinski definition) is 6. The molecule has 1 saturated heterocycles. The molecule has 1 fully saturated rings. The summed E-state index contributed by atoms with van der Waals surface area (Å²) in [6, 6.07) is 9.48. The minimum absolute atomic E-state index is 0.0972. The molecule has 0 bridgehead atoms. The number of esters is 1. The Morgan fingerprint density at radius 1 is 1.03 bits per heavy atom. The predicted octanol–water partition coefficient (Wildman–Crippen LogP) is 3.99. The summed E-state index contributed by atoms with van der Waals surface area (Å²) in [5, 5.41) is 0. The number of piperidine rings is 1. The summed E-state index contributed by atoms with van der Waals surface area (Å²) in [4.78, 5) is 11.9. The van der Waals surface area contributed by atoms with Crippen molar-refractivity contribution >= 4 is 47.6 Å². The average Bonchev–Trinajstić information content (AvgIpc) is 2.72. The van der Waals surface area contributed by atoms with E-state index >= 15 is 0 Å². The van der Waals surface area contributed by atoms with Crippen LogP contribution in [0.3, 0.4) is 0 Å². The summed E-state index contributed by atoms with van der Waals surface area (Å²) >= 11 is 3.21. The fourth-order valence-electron chi connectivity index (χ4n) is 3.90. The molecule has 0 radical (unpaired) electrons. The Labute approximate surface area is 197 Å². The van der Waals surface area contributed by atoms with E-state index in [4.69, 9.17) is 0 Å². The van der Waals surface area contributed by atoms with E-state index in [0.29, 0.717) is 4.47 Å². The molecule has 8 nitrogen and oxygen atoms in total. The zero-order valence-corrected chi connectivity index (χ0v) is 21.1. The maximum absolute atomic E-state index is 13.1. The van der Waals surface area contributed by atoms with Crippen LogP contribution in [-0.4, -0.2) is 46.3 Å². The summed E-state index contributed by atoms with van der Waals surface area (Å²) in [7, 11) is -6.68. The van der Waals surface area contributed by atoms with Crippen molar-refractivity contribution in [1.29, 1.82) is 0 Å². The molecule has 0 amide bonds. The summed E-state index contributed by atoms with van der Waals surface area (Å²) in [6.07, 6.45) is 2.59. The fraction of sp³-hybridized carbons (Fsp3) is 0.381. The molecule has 174 valence electrons. The number of anilines is 1. The zero-order valence-electron chi connectivity index (χ0n) is 17.9. The van der Waals surface area contributed by atoms with Gasteiger partial charge >= 0.3 is 5.97 Å². The van der Waals surface area contributed by atoms with Crippen LogP contribution in [0.2, 0.25) is 0 Å². The van der Waals surface area contributed by atoms with Gasteiger partial charge in [-0.3, -0.25) is 4.72 Å². The van der Waals surface area contributed by atoms with E-state index in [0.717, 1.165) is 26.4 Å². The fourth-order valence-corrected chi connectivity index (χ4v) is 7.38. The second kappa shape index (κ2) is 9.50. The first-order valence-corrected chi connectivity index (χ1v) is 13.7. The van der Waals surface area contributed by atoms with Gasteiger partial charge in [0.05, 0.1) is 17.6 Å². The van der Waals surface area contributed by atoms with E-state index < -0.39 is 26.0 Å². The Morgan fingerprint density at radius 2 is 1.62 bits per heavy atom. The van der Waals surface area contributed by atoms with Gasteiger partial charge in [-0.15, -0.1) is 0 Å². The van der Waals surface area contributed by atoms with E-state index in [1.807, 2.05) is 13.8 Å². The average molecular weight is 545 g/mol. The molecule has 0 aromatic heterocycles. The Hall–Kier alpha value is -1.95. The van der Waals surface area contributed by atoms with Gasteiger partial charge in [0.15, 0.2) is 0 Å². The lowest BCUT2D eigenvalue weighted by Crippen LogP contribution is -2.47. The van der Waals surface area contributed by atoms with Crippen LogP contribution in [0.15, 0.2) is 56.7 Å². The van der Waals surface area contributed by atoms with Crippen LogP contribution in [0.1, 0.15) is 43.5 Å². The molecule has 3 rings (SSSR count). The standard InChI is InChI=1S/C21H25BrN2O6S2/c1-14-5-4-6-15(2)24(14)32(28,29)18-10-8-17(9-11-18)23-31(26,27)20-12-7-16(22)13-19(20)21(25)30-3/h7-15,23H,4-6H2,1-3H3/t14-,15-/m0/s1. The number of nitrogens with one attached hydrogen (secondary N) is 1. The molecule has 0 spiro atoms. The molecule has 1 aliphatic rings. The number of carbonyl (C=O) groups is 1. The smallest absolute Gasteiger partial charge is 0.339 e. The monoisotopic (exact) mass is 544 g/mol. The van der Waals surface area contributed by atoms with Crippen molar-refractivity contribution in [3.8, 4) is 0 Å². The first-order chi connectivity index (χ1) is 15.0. The summed E-state index contributed by atoms with van der Waals surface area (Å²) in [6.45, 7) is 3.79. The van der Waals surface area contributed by atoms with Crippen LogP contribution in [0, 0.1) is 0 Å². The van der Waals surface area contributed by atoms with Crippen molar-refractivity contribution in [2.24, 2.45) is 0 Å². The predicted molar refractivity (Wildman–Crippen MR) is 125 cm³/mol. The minimum atomic E-state index is -4.13. The second-order valence-corrected chi connectivity index (χ2v) is 12.1. The third-order valence-electron chi connectivity index (χ3n) is 5.43. The molecular formula is C21H25BrN2O6S2. The molecule has 2 aromatic carbocycles. The van der Waals surface area contributed by atoms with Gasteiger partial charge < -0.3 is 4.74 Å². The highest BCUT2D eigenvalue weighted by molar-refractivity contribution is 9.10. The quantitative estimate of drug-likeness (QED) is 0.550. The minimum Gasteiger partial charge on any atom is -0.465 e. The Kier molecular flexibility index (Phi) is 7.33. The number of benzene rings is 2. The van der Waals surface area contributed by atoms with E-state index in [9.17, 15) is 21.6 Å². The molecule has 0 aliphatic carbocycles. The summed E-state index contributed by atoms with van der Waals surface area (Å²) in [5.41, 5.74) is 0.0454. The largest absolute Gasteiger partial charge is 0.465 e. The lowest BCUT2D eigenvalue weighted by Gasteiger charge is -2.37. The molecule has 1 aliphatic heterocycles. The van der Waals surface area contributed by atoms with Gasteiger partial charge in [0.25, 0.3) is 10.0 Å². The number of hydrogen-bond donors (Lipinski definition) is 1. The van der Waals surface area contributed by atoms with E-state index in [1.165, 1.54) is 46.8 Å². The molecule has 2 aromatic rings. The Balaban J connectivity index is 1.88. The summed E-state index contributed by atoms with van der Waals surface area (Å²) in [5.74, 6) is -0.794. The molecule has 11 heteroatoms. The zero-order chi connectivity index (χ0) is 23.7. The molecule has 0 unspecified atom stereocenters. The van der Waals surface area contributed by atoms with Crippen molar-refractivity contribution in [2.45, 2.75) is 55.0 Å². The number of sulfonamides is 2. The third-order valence-corrected chi connectivity index (χ3v) is 9.51. The molecule has 32 heavy (non-hydrogen) atoms. The highest BCUT2D eigenvalue weighted by Crippen LogP contribution is 2.30. The van der Waals surface area contributed by atoms with Crippen molar-refractivity contribution in [2.75, 3.05) is 11.8 Å². The molecular weight excluding hydrogens is 520 g/mol. The van der Waals surface area contributed by atoms with Crippen LogP contribution in [0.5, 0.6) is 0 Å². The van der Waals surface area contributed by atoms with Crippen LogP contribution >= 0.6 is 15.9 Å². The molecule has 1 N–H and O–H groups in total.